The molecule has 4 heteroatoms. The Labute approximate surface area is 110 Å². The average Bonchev–Trinajstić information content (AvgIpc) is 2.28. The molecule has 0 N–H and O–H groups in total. The lowest BCUT2D eigenvalue weighted by molar-refractivity contribution is -0.140. The molecule has 18 heavy (non-hydrogen) atoms. The lowest BCUT2D eigenvalue weighted by Gasteiger charge is -2.41. The highest BCUT2D eigenvalue weighted by molar-refractivity contribution is 5.79. The third-order valence-corrected chi connectivity index (χ3v) is 4.17. The molecule has 0 bridgehead atoms. The van der Waals surface area contributed by atoms with Crippen molar-refractivity contribution in [3.63, 3.8) is 0 Å². The second-order valence-electron chi connectivity index (χ2n) is 5.85. The molecule has 4 nitrogen and oxygen atoms in total. The van der Waals surface area contributed by atoms with Gasteiger partial charge in [-0.1, -0.05) is 0 Å². The molecule has 3 atom stereocenters. The van der Waals surface area contributed by atoms with Gasteiger partial charge in [0.1, 0.15) is 0 Å². The molecule has 1 amide bonds. The third kappa shape index (κ3) is 3.23. The predicted molar refractivity (Wildman–Crippen MR) is 71.5 cm³/mol. The maximum atomic E-state index is 12.4. The summed E-state index contributed by atoms with van der Waals surface area (Å²) in [6, 6.07) is 0.805. The molecule has 0 aromatic carbocycles. The smallest absolute Gasteiger partial charge is 0.237 e. The molecule has 0 aliphatic carbocycles. The van der Waals surface area contributed by atoms with E-state index in [2.05, 4.69) is 30.6 Å². The second-order valence-corrected chi connectivity index (χ2v) is 5.85. The molecule has 2 saturated heterocycles. The number of amides is 1. The number of ether oxygens (including phenoxy) is 1. The number of morpholine rings is 1. The average molecular weight is 254 g/mol. The molecular formula is C14H26N2O2. The van der Waals surface area contributed by atoms with Gasteiger partial charge in [-0.25, -0.2) is 0 Å². The molecule has 2 rings (SSSR count). The summed E-state index contributed by atoms with van der Waals surface area (Å²) >= 11 is 0. The van der Waals surface area contributed by atoms with E-state index < -0.39 is 0 Å². The van der Waals surface area contributed by atoms with Gasteiger partial charge < -0.3 is 9.64 Å². The number of carbonyl (C=O) groups excluding carboxylic acids is 1. The third-order valence-electron chi connectivity index (χ3n) is 4.17. The van der Waals surface area contributed by atoms with Crippen molar-refractivity contribution in [2.45, 2.75) is 58.2 Å². The highest BCUT2D eigenvalue weighted by Crippen LogP contribution is 2.22. The number of nitrogens with zero attached hydrogens (tertiary/aromatic N) is 2. The molecule has 2 heterocycles. The number of hydrogen-bond acceptors (Lipinski definition) is 3. The Balaban J connectivity index is 1.89. The van der Waals surface area contributed by atoms with Crippen LogP contribution in [0.1, 0.15) is 40.0 Å². The minimum Gasteiger partial charge on any atom is -0.376 e. The first-order chi connectivity index (χ1) is 8.58. The summed E-state index contributed by atoms with van der Waals surface area (Å²) in [4.78, 5) is 16.8. The molecule has 104 valence electrons. The van der Waals surface area contributed by atoms with Gasteiger partial charge in [0.05, 0.1) is 19.3 Å². The summed E-state index contributed by atoms with van der Waals surface area (Å²) < 4.78 is 5.51. The van der Waals surface area contributed by atoms with Crippen LogP contribution in [0.25, 0.3) is 0 Å². The van der Waals surface area contributed by atoms with E-state index in [0.717, 1.165) is 32.5 Å². The van der Waals surface area contributed by atoms with Crippen LogP contribution in [0.15, 0.2) is 0 Å². The molecule has 0 radical (unpaired) electrons. The van der Waals surface area contributed by atoms with Crippen molar-refractivity contribution >= 4 is 5.91 Å². The summed E-state index contributed by atoms with van der Waals surface area (Å²) in [5.41, 5.74) is 0. The van der Waals surface area contributed by atoms with Gasteiger partial charge in [-0.3, -0.25) is 9.69 Å². The zero-order valence-corrected chi connectivity index (χ0v) is 11.9. The van der Waals surface area contributed by atoms with E-state index in [1.54, 1.807) is 0 Å². The van der Waals surface area contributed by atoms with Crippen LogP contribution in [0.4, 0.5) is 0 Å². The van der Waals surface area contributed by atoms with Crippen molar-refractivity contribution in [3.8, 4) is 0 Å². The SMILES string of the molecule is CC1CN(CC(=O)N2C(C)CCCC2C)CCO1. The fourth-order valence-corrected chi connectivity index (χ4v) is 3.22. The van der Waals surface area contributed by atoms with Crippen LogP contribution in [-0.4, -0.2) is 60.1 Å². The predicted octanol–water partition coefficient (Wildman–Crippen LogP) is 1.50. The fourth-order valence-electron chi connectivity index (χ4n) is 3.22. The standard InChI is InChI=1S/C14H26N2O2/c1-11-5-4-6-12(2)16(11)14(17)10-15-7-8-18-13(3)9-15/h11-13H,4-10H2,1-3H3. The summed E-state index contributed by atoms with van der Waals surface area (Å²) in [6.07, 6.45) is 3.80. The summed E-state index contributed by atoms with van der Waals surface area (Å²) in [6.45, 7) is 9.49. The van der Waals surface area contributed by atoms with Gasteiger partial charge in [0.25, 0.3) is 0 Å². The fraction of sp³-hybridized carbons (Fsp3) is 0.929. The van der Waals surface area contributed by atoms with Gasteiger partial charge in [0, 0.05) is 25.2 Å². The highest BCUT2D eigenvalue weighted by Gasteiger charge is 2.30. The zero-order valence-electron chi connectivity index (χ0n) is 11.9. The van der Waals surface area contributed by atoms with Crippen LogP contribution in [0.2, 0.25) is 0 Å². The molecule has 2 aliphatic rings. The molecule has 0 spiro atoms. The van der Waals surface area contributed by atoms with Gasteiger partial charge in [-0.15, -0.1) is 0 Å². The first kappa shape index (κ1) is 13.8. The first-order valence-electron chi connectivity index (χ1n) is 7.23. The lowest BCUT2D eigenvalue weighted by Crippen LogP contribution is -2.53. The van der Waals surface area contributed by atoms with Crippen LogP contribution >= 0.6 is 0 Å². The van der Waals surface area contributed by atoms with Gasteiger partial charge >= 0.3 is 0 Å². The van der Waals surface area contributed by atoms with Crippen LogP contribution in [0.3, 0.4) is 0 Å². The van der Waals surface area contributed by atoms with E-state index in [4.69, 9.17) is 4.74 Å². The molecule has 0 saturated carbocycles. The Hall–Kier alpha value is -0.610. The summed E-state index contributed by atoms with van der Waals surface area (Å²) in [5.74, 6) is 0.295. The van der Waals surface area contributed by atoms with Crippen molar-refractivity contribution in [1.82, 2.24) is 9.80 Å². The Morgan fingerprint density at radius 3 is 2.50 bits per heavy atom. The number of carbonyl (C=O) groups is 1. The lowest BCUT2D eigenvalue weighted by atomic mass is 9.97. The van der Waals surface area contributed by atoms with E-state index in [1.807, 2.05) is 0 Å². The Bertz CT molecular complexity index is 286. The molecule has 0 aromatic rings. The number of piperidine rings is 1. The van der Waals surface area contributed by atoms with E-state index in [9.17, 15) is 4.79 Å². The van der Waals surface area contributed by atoms with Crippen molar-refractivity contribution in [2.75, 3.05) is 26.2 Å². The van der Waals surface area contributed by atoms with Crippen LogP contribution in [0.5, 0.6) is 0 Å². The largest absolute Gasteiger partial charge is 0.376 e. The quantitative estimate of drug-likeness (QED) is 0.748. The number of likely N-dealkylation sites (tertiary alicyclic amines) is 1. The van der Waals surface area contributed by atoms with E-state index >= 15 is 0 Å². The number of hydrogen-bond donors (Lipinski definition) is 0. The Morgan fingerprint density at radius 2 is 1.89 bits per heavy atom. The van der Waals surface area contributed by atoms with E-state index in [0.29, 0.717) is 24.5 Å². The minimum atomic E-state index is 0.253. The Kier molecular flexibility index (Phi) is 4.62. The van der Waals surface area contributed by atoms with Crippen molar-refractivity contribution in [3.05, 3.63) is 0 Å². The topological polar surface area (TPSA) is 32.8 Å². The van der Waals surface area contributed by atoms with Crippen LogP contribution < -0.4 is 0 Å². The monoisotopic (exact) mass is 254 g/mol. The van der Waals surface area contributed by atoms with Crippen molar-refractivity contribution in [2.24, 2.45) is 0 Å². The number of rotatable bonds is 2. The van der Waals surface area contributed by atoms with E-state index in [1.165, 1.54) is 6.42 Å². The highest BCUT2D eigenvalue weighted by atomic mass is 16.5. The van der Waals surface area contributed by atoms with Gasteiger partial charge in [-0.05, 0) is 40.0 Å². The molecule has 2 fully saturated rings. The van der Waals surface area contributed by atoms with Gasteiger partial charge in [0.15, 0.2) is 0 Å². The van der Waals surface area contributed by atoms with Gasteiger partial charge in [0.2, 0.25) is 5.91 Å². The maximum absolute atomic E-state index is 12.4. The molecule has 3 unspecified atom stereocenters. The van der Waals surface area contributed by atoms with Gasteiger partial charge in [-0.2, -0.15) is 0 Å². The normalized spacial score (nSPS) is 34.6. The Morgan fingerprint density at radius 1 is 1.22 bits per heavy atom. The van der Waals surface area contributed by atoms with Crippen LogP contribution in [0, 0.1) is 0 Å². The molecular weight excluding hydrogens is 228 g/mol. The zero-order chi connectivity index (χ0) is 13.1. The second kappa shape index (κ2) is 6.02. The first-order valence-corrected chi connectivity index (χ1v) is 7.23. The molecule has 2 aliphatic heterocycles. The summed E-state index contributed by atoms with van der Waals surface area (Å²) in [7, 11) is 0. The minimum absolute atomic E-state index is 0.253. The van der Waals surface area contributed by atoms with Crippen molar-refractivity contribution in [1.29, 1.82) is 0 Å². The maximum Gasteiger partial charge on any atom is 0.237 e. The van der Waals surface area contributed by atoms with E-state index in [-0.39, 0.29) is 6.10 Å². The summed E-state index contributed by atoms with van der Waals surface area (Å²) in [5, 5.41) is 0. The molecule has 0 aromatic heterocycles. The van der Waals surface area contributed by atoms with Crippen LogP contribution in [-0.2, 0) is 9.53 Å². The van der Waals surface area contributed by atoms with Crippen molar-refractivity contribution < 1.29 is 9.53 Å².